The van der Waals surface area contributed by atoms with Crippen LogP contribution in [0.2, 0.25) is 5.02 Å². The van der Waals surface area contributed by atoms with Crippen molar-refractivity contribution < 1.29 is 4.79 Å². The fraction of sp³-hybridized carbons (Fsp3) is 0.462. The molecule has 0 spiro atoms. The molecule has 18 heavy (non-hydrogen) atoms. The van der Waals surface area contributed by atoms with E-state index < -0.39 is 0 Å². The Morgan fingerprint density at radius 1 is 1.50 bits per heavy atom. The standard InChI is InChI=1S/C13H19ClN2OS/c1-4-18-12-6-5-10(14)7-11(12)16-13(17)8(2)9(3)15/h5-9H,4,15H2,1-3H3,(H,16,17). The molecule has 0 aromatic heterocycles. The van der Waals surface area contributed by atoms with Crippen LogP contribution < -0.4 is 11.1 Å². The first-order chi connectivity index (χ1) is 8.45. The molecule has 5 heteroatoms. The molecule has 1 aromatic carbocycles. The van der Waals surface area contributed by atoms with E-state index in [0.717, 1.165) is 16.3 Å². The van der Waals surface area contributed by atoms with Crippen molar-refractivity contribution in [1.29, 1.82) is 0 Å². The molecule has 1 aromatic rings. The lowest BCUT2D eigenvalue weighted by Crippen LogP contribution is -2.34. The zero-order valence-corrected chi connectivity index (χ0v) is 12.4. The molecular weight excluding hydrogens is 268 g/mol. The molecule has 0 saturated carbocycles. The van der Waals surface area contributed by atoms with E-state index in [1.807, 2.05) is 26.0 Å². The van der Waals surface area contributed by atoms with E-state index in [1.54, 1.807) is 17.8 Å². The number of amides is 1. The summed E-state index contributed by atoms with van der Waals surface area (Å²) in [7, 11) is 0. The maximum atomic E-state index is 12.0. The molecule has 3 nitrogen and oxygen atoms in total. The van der Waals surface area contributed by atoms with Crippen molar-refractivity contribution >= 4 is 35.0 Å². The molecule has 100 valence electrons. The Hall–Kier alpha value is -0.710. The van der Waals surface area contributed by atoms with E-state index in [9.17, 15) is 4.79 Å². The fourth-order valence-corrected chi connectivity index (χ4v) is 2.28. The number of halogens is 1. The normalized spacial score (nSPS) is 14.1. The van der Waals surface area contributed by atoms with Gasteiger partial charge in [-0.15, -0.1) is 11.8 Å². The second-order valence-corrected chi connectivity index (χ2v) is 5.95. The van der Waals surface area contributed by atoms with Gasteiger partial charge < -0.3 is 11.1 Å². The zero-order valence-electron chi connectivity index (χ0n) is 10.9. The van der Waals surface area contributed by atoms with Crippen LogP contribution in [0.3, 0.4) is 0 Å². The van der Waals surface area contributed by atoms with Gasteiger partial charge in [0, 0.05) is 16.0 Å². The average Bonchev–Trinajstić information content (AvgIpc) is 2.31. The van der Waals surface area contributed by atoms with E-state index in [0.29, 0.717) is 5.02 Å². The molecule has 0 heterocycles. The lowest BCUT2D eigenvalue weighted by Gasteiger charge is -2.17. The monoisotopic (exact) mass is 286 g/mol. The van der Waals surface area contributed by atoms with E-state index in [2.05, 4.69) is 12.2 Å². The molecule has 0 aliphatic rings. The number of nitrogens with one attached hydrogen (secondary N) is 1. The van der Waals surface area contributed by atoms with Gasteiger partial charge in [-0.3, -0.25) is 4.79 Å². The van der Waals surface area contributed by atoms with Gasteiger partial charge in [0.15, 0.2) is 0 Å². The van der Waals surface area contributed by atoms with E-state index >= 15 is 0 Å². The summed E-state index contributed by atoms with van der Waals surface area (Å²) in [4.78, 5) is 13.0. The molecule has 0 bridgehead atoms. The van der Waals surface area contributed by atoms with Gasteiger partial charge in [-0.1, -0.05) is 25.4 Å². The van der Waals surface area contributed by atoms with Gasteiger partial charge in [-0.05, 0) is 30.9 Å². The quantitative estimate of drug-likeness (QED) is 0.816. The summed E-state index contributed by atoms with van der Waals surface area (Å²) >= 11 is 7.63. The Kier molecular flexibility index (Phi) is 5.99. The minimum absolute atomic E-state index is 0.0785. The van der Waals surface area contributed by atoms with Crippen LogP contribution in [0.15, 0.2) is 23.1 Å². The van der Waals surface area contributed by atoms with Crippen molar-refractivity contribution in [2.45, 2.75) is 31.7 Å². The topological polar surface area (TPSA) is 55.1 Å². The van der Waals surface area contributed by atoms with Crippen molar-refractivity contribution in [2.75, 3.05) is 11.1 Å². The SMILES string of the molecule is CCSc1ccc(Cl)cc1NC(=O)C(C)C(C)N. The third kappa shape index (κ3) is 4.19. The van der Waals surface area contributed by atoms with Crippen LogP contribution in [0.25, 0.3) is 0 Å². The smallest absolute Gasteiger partial charge is 0.228 e. The first-order valence-electron chi connectivity index (χ1n) is 5.94. The van der Waals surface area contributed by atoms with Crippen molar-refractivity contribution in [3.63, 3.8) is 0 Å². The van der Waals surface area contributed by atoms with Gasteiger partial charge in [0.25, 0.3) is 0 Å². The Morgan fingerprint density at radius 2 is 2.17 bits per heavy atom. The third-order valence-electron chi connectivity index (χ3n) is 2.70. The summed E-state index contributed by atoms with van der Waals surface area (Å²) < 4.78 is 0. The summed E-state index contributed by atoms with van der Waals surface area (Å²) in [5.41, 5.74) is 6.48. The highest BCUT2D eigenvalue weighted by Crippen LogP contribution is 2.30. The van der Waals surface area contributed by atoms with Crippen LogP contribution in [-0.2, 0) is 4.79 Å². The minimum atomic E-state index is -0.233. The molecule has 1 amide bonds. The van der Waals surface area contributed by atoms with E-state index in [-0.39, 0.29) is 17.9 Å². The maximum Gasteiger partial charge on any atom is 0.228 e. The Labute approximate surface area is 117 Å². The molecule has 0 aliphatic carbocycles. The largest absolute Gasteiger partial charge is 0.327 e. The molecule has 0 fully saturated rings. The summed E-state index contributed by atoms with van der Waals surface area (Å²) in [6, 6.07) is 5.34. The number of hydrogen-bond acceptors (Lipinski definition) is 3. The van der Waals surface area contributed by atoms with Gasteiger partial charge in [0.2, 0.25) is 5.91 Å². The Morgan fingerprint density at radius 3 is 2.72 bits per heavy atom. The molecule has 0 radical (unpaired) electrons. The first-order valence-corrected chi connectivity index (χ1v) is 7.30. The third-order valence-corrected chi connectivity index (χ3v) is 3.89. The molecule has 3 N–H and O–H groups in total. The molecule has 0 saturated heterocycles. The lowest BCUT2D eigenvalue weighted by molar-refractivity contribution is -0.119. The van der Waals surface area contributed by atoms with Crippen LogP contribution in [0.4, 0.5) is 5.69 Å². The highest BCUT2D eigenvalue weighted by Gasteiger charge is 2.18. The van der Waals surface area contributed by atoms with Crippen LogP contribution >= 0.6 is 23.4 Å². The summed E-state index contributed by atoms with van der Waals surface area (Å²) in [5, 5.41) is 3.50. The highest BCUT2D eigenvalue weighted by atomic mass is 35.5. The number of nitrogens with two attached hydrogens (primary N) is 1. The van der Waals surface area contributed by atoms with Crippen LogP contribution in [-0.4, -0.2) is 17.7 Å². The molecule has 0 aliphatic heterocycles. The number of thioether (sulfide) groups is 1. The van der Waals surface area contributed by atoms with Gasteiger partial charge in [0.1, 0.15) is 0 Å². The molecule has 2 unspecified atom stereocenters. The maximum absolute atomic E-state index is 12.0. The average molecular weight is 287 g/mol. The van der Waals surface area contributed by atoms with Gasteiger partial charge >= 0.3 is 0 Å². The van der Waals surface area contributed by atoms with Crippen molar-refractivity contribution in [2.24, 2.45) is 11.7 Å². The van der Waals surface area contributed by atoms with Crippen molar-refractivity contribution in [1.82, 2.24) is 0 Å². The number of anilines is 1. The number of rotatable bonds is 5. The number of carbonyl (C=O) groups excluding carboxylic acids is 1. The van der Waals surface area contributed by atoms with Crippen LogP contribution in [0, 0.1) is 5.92 Å². The first kappa shape index (κ1) is 15.3. The predicted octanol–water partition coefficient (Wildman–Crippen LogP) is 3.37. The van der Waals surface area contributed by atoms with Crippen LogP contribution in [0.1, 0.15) is 20.8 Å². The van der Waals surface area contributed by atoms with Gasteiger partial charge in [-0.2, -0.15) is 0 Å². The zero-order chi connectivity index (χ0) is 13.7. The second-order valence-electron chi connectivity index (χ2n) is 4.21. The number of carbonyl (C=O) groups is 1. The number of benzene rings is 1. The van der Waals surface area contributed by atoms with Gasteiger partial charge in [-0.25, -0.2) is 0 Å². The predicted molar refractivity (Wildman–Crippen MR) is 79.3 cm³/mol. The lowest BCUT2D eigenvalue weighted by atomic mass is 10.0. The Bertz CT molecular complexity index is 423. The second kappa shape index (κ2) is 7.02. The highest BCUT2D eigenvalue weighted by molar-refractivity contribution is 7.99. The number of hydrogen-bond donors (Lipinski definition) is 2. The fourth-order valence-electron chi connectivity index (χ4n) is 1.37. The summed E-state index contributed by atoms with van der Waals surface area (Å²) in [6.07, 6.45) is 0. The van der Waals surface area contributed by atoms with Crippen LogP contribution in [0.5, 0.6) is 0 Å². The summed E-state index contributed by atoms with van der Waals surface area (Å²) in [6.45, 7) is 5.70. The van der Waals surface area contributed by atoms with E-state index in [4.69, 9.17) is 17.3 Å². The molecular formula is C13H19ClN2OS. The van der Waals surface area contributed by atoms with E-state index in [1.165, 1.54) is 0 Å². The van der Waals surface area contributed by atoms with Gasteiger partial charge in [0.05, 0.1) is 11.6 Å². The van der Waals surface area contributed by atoms with Crippen molar-refractivity contribution in [3.8, 4) is 0 Å². The molecule has 2 atom stereocenters. The molecule has 1 rings (SSSR count). The van der Waals surface area contributed by atoms with Crippen molar-refractivity contribution in [3.05, 3.63) is 23.2 Å². The minimum Gasteiger partial charge on any atom is -0.327 e. The summed E-state index contributed by atoms with van der Waals surface area (Å²) in [5.74, 6) is 0.626. The Balaban J connectivity index is 2.88.